The predicted molar refractivity (Wildman–Crippen MR) is 77.1 cm³/mol. The van der Waals surface area contributed by atoms with Gasteiger partial charge < -0.3 is 5.32 Å². The molecule has 0 unspecified atom stereocenters. The van der Waals surface area contributed by atoms with Crippen molar-refractivity contribution in [3.63, 3.8) is 0 Å². The third-order valence-electron chi connectivity index (χ3n) is 2.66. The minimum atomic E-state index is -0.0401. The van der Waals surface area contributed by atoms with Gasteiger partial charge in [-0.05, 0) is 18.4 Å². The molecule has 0 amide bonds. The largest absolute Gasteiger partial charge is 0.374 e. The first kappa shape index (κ1) is 12.2. The number of fused-ring (bicyclic) bond motifs is 1. The molecule has 0 aliphatic rings. The van der Waals surface area contributed by atoms with Crippen LogP contribution in [0.3, 0.4) is 0 Å². The summed E-state index contributed by atoms with van der Waals surface area (Å²) in [4.78, 5) is 17.3. The Labute approximate surface area is 116 Å². The minimum absolute atomic E-state index is 0.0401. The second-order valence-corrected chi connectivity index (χ2v) is 5.54. The lowest BCUT2D eigenvalue weighted by Crippen LogP contribution is -2.21. The van der Waals surface area contributed by atoms with Crippen LogP contribution in [0.2, 0.25) is 0 Å². The zero-order valence-corrected chi connectivity index (χ0v) is 11.8. The molecule has 0 fully saturated rings. The summed E-state index contributed by atoms with van der Waals surface area (Å²) in [5.74, 6) is 0. The van der Waals surface area contributed by atoms with E-state index < -0.39 is 0 Å². The van der Waals surface area contributed by atoms with Crippen molar-refractivity contribution < 1.29 is 0 Å². The molecule has 19 heavy (non-hydrogen) atoms. The first-order valence-electron chi connectivity index (χ1n) is 5.77. The van der Waals surface area contributed by atoms with Gasteiger partial charge in [0.1, 0.15) is 15.5 Å². The first-order valence-corrected chi connectivity index (χ1v) is 7.42. The topological polar surface area (TPSA) is 72.7 Å². The van der Waals surface area contributed by atoms with Crippen LogP contribution in [0.25, 0.3) is 10.2 Å². The van der Waals surface area contributed by atoms with Gasteiger partial charge in [-0.1, -0.05) is 4.49 Å². The van der Waals surface area contributed by atoms with Crippen molar-refractivity contribution in [2.75, 3.05) is 11.9 Å². The van der Waals surface area contributed by atoms with Crippen LogP contribution in [0.1, 0.15) is 12.6 Å². The molecule has 3 rings (SSSR count). The van der Waals surface area contributed by atoms with E-state index in [0.29, 0.717) is 11.9 Å². The first-order chi connectivity index (χ1) is 9.29. The van der Waals surface area contributed by atoms with E-state index in [4.69, 9.17) is 0 Å². The van der Waals surface area contributed by atoms with Crippen LogP contribution >= 0.6 is 22.9 Å². The van der Waals surface area contributed by atoms with E-state index in [2.05, 4.69) is 19.9 Å². The van der Waals surface area contributed by atoms with Gasteiger partial charge in [0.2, 0.25) is 0 Å². The van der Waals surface area contributed by atoms with Gasteiger partial charge in [-0.2, -0.15) is 0 Å². The van der Waals surface area contributed by atoms with Crippen molar-refractivity contribution >= 4 is 38.1 Å². The Bertz CT molecular complexity index is 760. The molecular weight excluding hydrogens is 282 g/mol. The number of nitrogens with zero attached hydrogens (tertiary/aromatic N) is 4. The maximum absolute atomic E-state index is 12.2. The second kappa shape index (κ2) is 5.06. The summed E-state index contributed by atoms with van der Waals surface area (Å²) >= 11 is 2.77. The Morgan fingerprint density at radius 2 is 2.37 bits per heavy atom. The quantitative estimate of drug-likeness (QED) is 0.794. The van der Waals surface area contributed by atoms with E-state index >= 15 is 0 Å². The summed E-state index contributed by atoms with van der Waals surface area (Å²) in [7, 11) is 0. The Morgan fingerprint density at radius 1 is 1.47 bits per heavy atom. The summed E-state index contributed by atoms with van der Waals surface area (Å²) in [6.45, 7) is 3.19. The third kappa shape index (κ3) is 2.24. The molecule has 98 valence electrons. The molecule has 0 saturated heterocycles. The van der Waals surface area contributed by atoms with Crippen molar-refractivity contribution in [2.45, 2.75) is 13.5 Å². The minimum Gasteiger partial charge on any atom is -0.374 e. The van der Waals surface area contributed by atoms with Gasteiger partial charge in [-0.25, -0.2) is 4.98 Å². The highest BCUT2D eigenvalue weighted by atomic mass is 32.1. The van der Waals surface area contributed by atoms with Crippen molar-refractivity contribution in [1.82, 2.24) is 19.1 Å². The lowest BCUT2D eigenvalue weighted by Gasteiger charge is -2.05. The van der Waals surface area contributed by atoms with Crippen LogP contribution < -0.4 is 10.9 Å². The molecule has 3 aromatic heterocycles. The van der Waals surface area contributed by atoms with Crippen LogP contribution in [-0.2, 0) is 6.54 Å². The van der Waals surface area contributed by atoms with Gasteiger partial charge in [-0.15, -0.1) is 16.4 Å². The molecule has 3 heterocycles. The van der Waals surface area contributed by atoms with Crippen molar-refractivity contribution in [2.24, 2.45) is 0 Å². The summed E-state index contributed by atoms with van der Waals surface area (Å²) < 4.78 is 5.48. The highest BCUT2D eigenvalue weighted by Gasteiger charge is 2.10. The monoisotopic (exact) mass is 293 g/mol. The van der Waals surface area contributed by atoms with Gasteiger partial charge in [-0.3, -0.25) is 9.36 Å². The van der Waals surface area contributed by atoms with E-state index in [-0.39, 0.29) is 5.56 Å². The van der Waals surface area contributed by atoms with Gasteiger partial charge in [0.25, 0.3) is 5.56 Å². The van der Waals surface area contributed by atoms with Crippen LogP contribution in [0.4, 0.5) is 5.00 Å². The van der Waals surface area contributed by atoms with Crippen LogP contribution in [0.5, 0.6) is 0 Å². The Hall–Kier alpha value is -1.80. The maximum Gasteiger partial charge on any atom is 0.262 e. The highest BCUT2D eigenvalue weighted by molar-refractivity contribution is 7.16. The van der Waals surface area contributed by atoms with E-state index in [0.717, 1.165) is 22.1 Å². The highest BCUT2D eigenvalue weighted by Crippen LogP contribution is 2.18. The van der Waals surface area contributed by atoms with Crippen LogP contribution in [0, 0.1) is 0 Å². The Balaban J connectivity index is 1.98. The Morgan fingerprint density at radius 3 is 3.21 bits per heavy atom. The molecule has 3 aromatic rings. The molecule has 8 heteroatoms. The van der Waals surface area contributed by atoms with Gasteiger partial charge in [0.15, 0.2) is 0 Å². The average Bonchev–Trinajstić information content (AvgIpc) is 3.03. The number of aromatic nitrogens is 4. The fraction of sp³-hybridized carbons (Fsp3) is 0.273. The SMILES string of the molecule is CCNc1snnc1Cn1cnc2sccc2c1=O. The maximum atomic E-state index is 12.2. The summed E-state index contributed by atoms with van der Waals surface area (Å²) in [6.07, 6.45) is 1.57. The number of rotatable bonds is 4. The fourth-order valence-electron chi connectivity index (χ4n) is 1.77. The summed E-state index contributed by atoms with van der Waals surface area (Å²) in [5, 5.41) is 10.7. The van der Waals surface area contributed by atoms with Crippen molar-refractivity contribution in [3.05, 3.63) is 33.8 Å². The number of hydrogen-bond donors (Lipinski definition) is 1. The lowest BCUT2D eigenvalue weighted by molar-refractivity contribution is 0.727. The molecule has 0 saturated carbocycles. The van der Waals surface area contributed by atoms with Gasteiger partial charge in [0, 0.05) is 18.1 Å². The van der Waals surface area contributed by atoms with E-state index in [9.17, 15) is 4.79 Å². The second-order valence-electron chi connectivity index (χ2n) is 3.90. The predicted octanol–water partition coefficient (Wildman–Crippen LogP) is 1.79. The number of hydrogen-bond acceptors (Lipinski definition) is 7. The third-order valence-corrected chi connectivity index (χ3v) is 4.21. The number of nitrogens with one attached hydrogen (secondary N) is 1. The standard InChI is InChI=1S/C11H11N5OS2/c1-2-12-10-8(14-15-19-10)5-16-6-13-9-7(11(16)17)3-4-18-9/h3-4,6,12H,2,5H2,1H3. The van der Waals surface area contributed by atoms with Crippen LogP contribution in [-0.4, -0.2) is 25.7 Å². The van der Waals surface area contributed by atoms with E-state index in [1.807, 2.05) is 12.3 Å². The molecule has 0 aromatic carbocycles. The van der Waals surface area contributed by atoms with Crippen molar-refractivity contribution in [1.29, 1.82) is 0 Å². The molecule has 0 spiro atoms. The molecular formula is C11H11N5OS2. The normalized spacial score (nSPS) is 11.0. The molecule has 0 aliphatic heterocycles. The average molecular weight is 293 g/mol. The van der Waals surface area contributed by atoms with Crippen LogP contribution in [0.15, 0.2) is 22.6 Å². The van der Waals surface area contributed by atoms with E-state index in [1.54, 1.807) is 17.0 Å². The molecule has 0 aliphatic carbocycles. The van der Waals surface area contributed by atoms with E-state index in [1.165, 1.54) is 22.9 Å². The fourth-order valence-corrected chi connectivity index (χ4v) is 3.14. The molecule has 0 atom stereocenters. The van der Waals surface area contributed by atoms with Crippen molar-refractivity contribution in [3.8, 4) is 0 Å². The number of thiophene rings is 1. The van der Waals surface area contributed by atoms with Gasteiger partial charge >= 0.3 is 0 Å². The summed E-state index contributed by atoms with van der Waals surface area (Å²) in [6, 6.07) is 1.80. The lowest BCUT2D eigenvalue weighted by atomic mass is 10.4. The smallest absolute Gasteiger partial charge is 0.262 e. The molecule has 0 radical (unpaired) electrons. The molecule has 6 nitrogen and oxygen atoms in total. The van der Waals surface area contributed by atoms with Gasteiger partial charge in [0.05, 0.1) is 18.3 Å². The zero-order chi connectivity index (χ0) is 13.2. The summed E-state index contributed by atoms with van der Waals surface area (Å²) in [5.41, 5.74) is 0.729. The number of anilines is 1. The molecule has 0 bridgehead atoms. The zero-order valence-electron chi connectivity index (χ0n) is 10.2. The Kier molecular flexibility index (Phi) is 3.26. The molecule has 1 N–H and O–H groups in total.